The minimum Gasteiger partial charge on any atom is -0.314 e. The van der Waals surface area contributed by atoms with Crippen molar-refractivity contribution in [2.45, 2.75) is 45.1 Å². The van der Waals surface area contributed by atoms with Crippen LogP contribution in [0.25, 0.3) is 0 Å². The zero-order valence-electron chi connectivity index (χ0n) is 10.6. The van der Waals surface area contributed by atoms with Crippen molar-refractivity contribution >= 4 is 11.3 Å². The van der Waals surface area contributed by atoms with Crippen molar-refractivity contribution in [3.8, 4) is 0 Å². The van der Waals surface area contributed by atoms with Crippen LogP contribution >= 0.6 is 11.3 Å². The van der Waals surface area contributed by atoms with E-state index in [4.69, 9.17) is 0 Å². The Balaban J connectivity index is 1.64. The Bertz CT molecular complexity index is 337. The minimum absolute atomic E-state index is 0.702. The molecule has 2 aliphatic rings. The molecule has 3 atom stereocenters. The first-order chi connectivity index (χ1) is 8.40. The van der Waals surface area contributed by atoms with E-state index in [1.807, 2.05) is 11.7 Å². The van der Waals surface area contributed by atoms with E-state index >= 15 is 0 Å². The molecule has 0 aliphatic heterocycles. The summed E-state index contributed by atoms with van der Waals surface area (Å²) in [5.41, 5.74) is 1.96. The van der Waals surface area contributed by atoms with Gasteiger partial charge in [-0.15, -0.1) is 11.3 Å². The summed E-state index contributed by atoms with van der Waals surface area (Å²) >= 11 is 1.80. The molecular weight excluding hydrogens is 228 g/mol. The number of nitrogens with one attached hydrogen (secondary N) is 1. The van der Waals surface area contributed by atoms with Crippen LogP contribution in [0.15, 0.2) is 11.7 Å². The molecule has 2 aliphatic carbocycles. The molecule has 1 aromatic rings. The van der Waals surface area contributed by atoms with E-state index in [0.29, 0.717) is 6.04 Å². The van der Waals surface area contributed by atoms with Gasteiger partial charge in [0.15, 0.2) is 0 Å². The molecule has 2 saturated carbocycles. The number of hydrogen-bond acceptors (Lipinski definition) is 3. The summed E-state index contributed by atoms with van der Waals surface area (Å²) < 4.78 is 0. The first kappa shape index (κ1) is 11.7. The van der Waals surface area contributed by atoms with Gasteiger partial charge < -0.3 is 5.32 Å². The Kier molecular flexibility index (Phi) is 3.48. The number of fused-ring (bicyclic) bond motifs is 1. The summed E-state index contributed by atoms with van der Waals surface area (Å²) in [5.74, 6) is 3.04. The van der Waals surface area contributed by atoms with Gasteiger partial charge >= 0.3 is 0 Å². The molecule has 3 heteroatoms. The molecule has 94 valence electrons. The highest BCUT2D eigenvalue weighted by atomic mass is 32.1. The predicted octanol–water partition coefficient (Wildman–Crippen LogP) is 3.10. The maximum atomic E-state index is 4.20. The summed E-state index contributed by atoms with van der Waals surface area (Å²) in [6, 6.07) is 0.702. The van der Waals surface area contributed by atoms with E-state index in [2.05, 4.69) is 17.2 Å². The molecule has 17 heavy (non-hydrogen) atoms. The first-order valence-electron chi connectivity index (χ1n) is 7.01. The summed E-state index contributed by atoms with van der Waals surface area (Å²) in [7, 11) is 0. The maximum Gasteiger partial charge on any atom is 0.0794 e. The maximum absolute atomic E-state index is 4.20. The van der Waals surface area contributed by atoms with E-state index in [-0.39, 0.29) is 0 Å². The Labute approximate surface area is 108 Å². The van der Waals surface area contributed by atoms with Crippen LogP contribution in [0.3, 0.4) is 0 Å². The van der Waals surface area contributed by atoms with Gasteiger partial charge in [-0.25, -0.2) is 0 Å². The topological polar surface area (TPSA) is 24.9 Å². The average molecular weight is 250 g/mol. The van der Waals surface area contributed by atoms with E-state index < -0.39 is 0 Å². The highest BCUT2D eigenvalue weighted by Gasteiger charge is 2.53. The lowest BCUT2D eigenvalue weighted by Gasteiger charge is -2.17. The first-order valence-corrected chi connectivity index (χ1v) is 7.89. The van der Waals surface area contributed by atoms with E-state index in [1.165, 1.54) is 37.0 Å². The molecule has 0 bridgehead atoms. The number of likely N-dealkylation sites (N-methyl/N-ethyl adjacent to an activating group) is 1. The molecular formula is C14H22N2S. The zero-order chi connectivity index (χ0) is 11.7. The molecule has 3 unspecified atom stereocenters. The minimum atomic E-state index is 0.702. The fourth-order valence-electron chi connectivity index (χ4n) is 3.81. The van der Waals surface area contributed by atoms with Crippen LogP contribution in [0.5, 0.6) is 0 Å². The van der Waals surface area contributed by atoms with Crippen LogP contribution in [0.4, 0.5) is 0 Å². The second-order valence-electron chi connectivity index (χ2n) is 5.53. The monoisotopic (exact) mass is 250 g/mol. The SMILES string of the molecule is CCNC(Cc1cncs1)C1C2CCCCC21. The third-order valence-electron chi connectivity index (χ3n) is 4.56. The van der Waals surface area contributed by atoms with Gasteiger partial charge in [-0.2, -0.15) is 0 Å². The molecule has 0 aromatic carbocycles. The van der Waals surface area contributed by atoms with Gasteiger partial charge in [0, 0.05) is 17.1 Å². The summed E-state index contributed by atoms with van der Waals surface area (Å²) in [5, 5.41) is 3.72. The number of thiazole rings is 1. The molecule has 3 rings (SSSR count). The van der Waals surface area contributed by atoms with Crippen LogP contribution in [0.2, 0.25) is 0 Å². The van der Waals surface area contributed by atoms with Gasteiger partial charge in [0.2, 0.25) is 0 Å². The Morgan fingerprint density at radius 3 is 2.76 bits per heavy atom. The summed E-state index contributed by atoms with van der Waals surface area (Å²) in [4.78, 5) is 5.64. The van der Waals surface area contributed by atoms with Crippen molar-refractivity contribution in [2.75, 3.05) is 6.54 Å². The van der Waals surface area contributed by atoms with Gasteiger partial charge in [-0.1, -0.05) is 19.8 Å². The lowest BCUT2D eigenvalue weighted by molar-refractivity contribution is 0.439. The summed E-state index contributed by atoms with van der Waals surface area (Å²) in [6.45, 7) is 3.32. The van der Waals surface area contributed by atoms with Crippen LogP contribution in [-0.4, -0.2) is 17.6 Å². The third-order valence-corrected chi connectivity index (χ3v) is 5.36. The van der Waals surface area contributed by atoms with Crippen molar-refractivity contribution in [3.63, 3.8) is 0 Å². The van der Waals surface area contributed by atoms with Gasteiger partial charge in [-0.3, -0.25) is 4.98 Å². The molecule has 0 spiro atoms. The second kappa shape index (κ2) is 5.07. The number of hydrogen-bond donors (Lipinski definition) is 1. The van der Waals surface area contributed by atoms with Crippen LogP contribution < -0.4 is 5.32 Å². The van der Waals surface area contributed by atoms with E-state index in [9.17, 15) is 0 Å². The van der Waals surface area contributed by atoms with E-state index in [0.717, 1.165) is 24.3 Å². The quantitative estimate of drug-likeness (QED) is 0.868. The largest absolute Gasteiger partial charge is 0.314 e. The zero-order valence-corrected chi connectivity index (χ0v) is 11.4. The van der Waals surface area contributed by atoms with Crippen molar-refractivity contribution < 1.29 is 0 Å². The van der Waals surface area contributed by atoms with Gasteiger partial charge in [0.05, 0.1) is 5.51 Å². The molecule has 0 radical (unpaired) electrons. The van der Waals surface area contributed by atoms with Crippen molar-refractivity contribution in [1.29, 1.82) is 0 Å². The normalized spacial score (nSPS) is 33.1. The highest BCUT2D eigenvalue weighted by molar-refractivity contribution is 7.09. The fraction of sp³-hybridized carbons (Fsp3) is 0.786. The Morgan fingerprint density at radius 2 is 2.18 bits per heavy atom. The molecule has 2 nitrogen and oxygen atoms in total. The van der Waals surface area contributed by atoms with Crippen molar-refractivity contribution in [3.05, 3.63) is 16.6 Å². The number of nitrogens with zero attached hydrogens (tertiary/aromatic N) is 1. The van der Waals surface area contributed by atoms with Crippen LogP contribution in [-0.2, 0) is 6.42 Å². The van der Waals surface area contributed by atoms with Crippen LogP contribution in [0.1, 0.15) is 37.5 Å². The average Bonchev–Trinajstić information content (AvgIpc) is 2.85. The Morgan fingerprint density at radius 1 is 1.41 bits per heavy atom. The number of aromatic nitrogens is 1. The molecule has 1 heterocycles. The summed E-state index contributed by atoms with van der Waals surface area (Å²) in [6.07, 6.45) is 9.14. The fourth-order valence-corrected chi connectivity index (χ4v) is 4.47. The molecule has 1 aromatic heterocycles. The lowest BCUT2D eigenvalue weighted by atomic mass is 10.0. The highest BCUT2D eigenvalue weighted by Crippen LogP contribution is 2.57. The molecule has 0 saturated heterocycles. The smallest absolute Gasteiger partial charge is 0.0794 e. The lowest BCUT2D eigenvalue weighted by Crippen LogP contribution is -2.33. The molecule has 0 amide bonds. The third kappa shape index (κ3) is 2.41. The molecule has 2 fully saturated rings. The standard InChI is InChI=1S/C14H22N2S/c1-2-16-13(7-10-8-15-9-17-10)14-11-5-3-4-6-12(11)14/h8-9,11-14,16H,2-7H2,1H3. The van der Waals surface area contributed by atoms with Crippen LogP contribution in [0, 0.1) is 17.8 Å². The second-order valence-corrected chi connectivity index (χ2v) is 6.50. The predicted molar refractivity (Wildman–Crippen MR) is 72.2 cm³/mol. The van der Waals surface area contributed by atoms with E-state index in [1.54, 1.807) is 11.3 Å². The Hall–Kier alpha value is -0.410. The molecule has 1 N–H and O–H groups in total. The van der Waals surface area contributed by atoms with Gasteiger partial charge in [-0.05, 0) is 43.6 Å². The van der Waals surface area contributed by atoms with Crippen molar-refractivity contribution in [2.24, 2.45) is 17.8 Å². The van der Waals surface area contributed by atoms with Gasteiger partial charge in [0.25, 0.3) is 0 Å². The van der Waals surface area contributed by atoms with Gasteiger partial charge in [0.1, 0.15) is 0 Å². The van der Waals surface area contributed by atoms with Crippen molar-refractivity contribution in [1.82, 2.24) is 10.3 Å². The number of rotatable bonds is 5.